The Morgan fingerprint density at radius 2 is 2.05 bits per heavy atom. The molecule has 1 aromatic carbocycles. The van der Waals surface area contributed by atoms with Crippen molar-refractivity contribution in [1.29, 1.82) is 0 Å². The van der Waals surface area contributed by atoms with Gasteiger partial charge in [-0.15, -0.1) is 0 Å². The minimum Gasteiger partial charge on any atom is -0.493 e. The third-order valence-corrected chi connectivity index (χ3v) is 3.30. The summed E-state index contributed by atoms with van der Waals surface area (Å²) in [6, 6.07) is 9.56. The van der Waals surface area contributed by atoms with Crippen molar-refractivity contribution in [2.24, 2.45) is 0 Å². The second kappa shape index (κ2) is 7.18. The summed E-state index contributed by atoms with van der Waals surface area (Å²) in [5.41, 5.74) is 2.84. The molecule has 0 bridgehead atoms. The summed E-state index contributed by atoms with van der Waals surface area (Å²) in [7, 11) is 1.65. The van der Waals surface area contributed by atoms with Gasteiger partial charge in [0, 0.05) is 12.1 Å². The summed E-state index contributed by atoms with van der Waals surface area (Å²) < 4.78 is 11.0. The number of methoxy groups -OCH3 is 1. The van der Waals surface area contributed by atoms with Crippen molar-refractivity contribution in [2.45, 2.75) is 20.4 Å². The Bertz CT molecular complexity index is 617. The van der Waals surface area contributed by atoms with Crippen molar-refractivity contribution in [3.05, 3.63) is 46.7 Å². The lowest BCUT2D eigenvalue weighted by Gasteiger charge is -2.15. The zero-order valence-electron chi connectivity index (χ0n) is 12.4. The van der Waals surface area contributed by atoms with E-state index in [0.717, 1.165) is 28.4 Å². The topological polar surface area (TPSA) is 43.4 Å². The van der Waals surface area contributed by atoms with Gasteiger partial charge in [0.25, 0.3) is 0 Å². The zero-order chi connectivity index (χ0) is 15.2. The van der Waals surface area contributed by atoms with Crippen LogP contribution in [0.4, 0.5) is 5.69 Å². The van der Waals surface area contributed by atoms with Crippen molar-refractivity contribution in [3.63, 3.8) is 0 Å². The molecule has 0 unspecified atom stereocenters. The average molecular weight is 307 g/mol. The van der Waals surface area contributed by atoms with Crippen molar-refractivity contribution in [1.82, 2.24) is 4.98 Å². The number of hydrogen-bond donors (Lipinski definition) is 1. The lowest BCUT2D eigenvalue weighted by Crippen LogP contribution is -2.05. The molecule has 0 fully saturated rings. The van der Waals surface area contributed by atoms with Crippen molar-refractivity contribution >= 4 is 17.3 Å². The first kappa shape index (κ1) is 15.4. The van der Waals surface area contributed by atoms with Crippen LogP contribution in [0.3, 0.4) is 0 Å². The van der Waals surface area contributed by atoms with E-state index in [-0.39, 0.29) is 0 Å². The second-order valence-electron chi connectivity index (χ2n) is 4.50. The van der Waals surface area contributed by atoms with Gasteiger partial charge in [-0.25, -0.2) is 4.98 Å². The Balaban J connectivity index is 2.17. The molecule has 0 aliphatic carbocycles. The molecule has 1 heterocycles. The van der Waals surface area contributed by atoms with Gasteiger partial charge in [0.1, 0.15) is 5.15 Å². The Labute approximate surface area is 130 Å². The van der Waals surface area contributed by atoms with Gasteiger partial charge in [-0.3, -0.25) is 0 Å². The predicted molar refractivity (Wildman–Crippen MR) is 85.5 cm³/mol. The molecule has 1 N–H and O–H groups in total. The number of benzene rings is 1. The summed E-state index contributed by atoms with van der Waals surface area (Å²) >= 11 is 5.86. The molecule has 21 heavy (non-hydrogen) atoms. The summed E-state index contributed by atoms with van der Waals surface area (Å²) in [6.07, 6.45) is 0. The molecule has 0 spiro atoms. The van der Waals surface area contributed by atoms with Crippen molar-refractivity contribution < 1.29 is 9.47 Å². The van der Waals surface area contributed by atoms with Crippen LogP contribution in [0, 0.1) is 6.92 Å². The molecule has 1 aromatic heterocycles. The number of rotatable bonds is 6. The maximum Gasteiger partial charge on any atom is 0.165 e. The molecule has 4 nitrogen and oxygen atoms in total. The monoisotopic (exact) mass is 306 g/mol. The predicted octanol–water partition coefficient (Wildman–Crippen LogP) is 4.06. The first-order valence-electron chi connectivity index (χ1n) is 6.81. The third kappa shape index (κ3) is 3.79. The molecular formula is C16H19ClN2O2. The lowest BCUT2D eigenvalue weighted by atomic mass is 10.1. The van der Waals surface area contributed by atoms with E-state index in [1.165, 1.54) is 0 Å². The van der Waals surface area contributed by atoms with E-state index in [4.69, 9.17) is 21.1 Å². The van der Waals surface area contributed by atoms with E-state index in [0.29, 0.717) is 18.3 Å². The van der Waals surface area contributed by atoms with E-state index in [2.05, 4.69) is 10.3 Å². The van der Waals surface area contributed by atoms with Crippen LogP contribution < -0.4 is 14.8 Å². The SMILES string of the molecule is CCOc1cccc(CNc2ccc(Cl)nc2C)c1OC. The molecule has 0 aliphatic heterocycles. The number of halogens is 1. The maximum absolute atomic E-state index is 5.86. The van der Waals surface area contributed by atoms with Gasteiger partial charge < -0.3 is 14.8 Å². The minimum atomic E-state index is 0.494. The molecule has 0 atom stereocenters. The summed E-state index contributed by atoms with van der Waals surface area (Å²) in [5, 5.41) is 3.84. The zero-order valence-corrected chi connectivity index (χ0v) is 13.2. The van der Waals surface area contributed by atoms with Gasteiger partial charge in [0.2, 0.25) is 0 Å². The molecule has 5 heteroatoms. The van der Waals surface area contributed by atoms with Crippen LogP contribution in [-0.2, 0) is 6.54 Å². The molecule has 2 aromatic rings. The highest BCUT2D eigenvalue weighted by Crippen LogP contribution is 2.31. The molecule has 0 amide bonds. The van der Waals surface area contributed by atoms with E-state index < -0.39 is 0 Å². The number of para-hydroxylation sites is 1. The highest BCUT2D eigenvalue weighted by Gasteiger charge is 2.10. The van der Waals surface area contributed by atoms with Gasteiger partial charge >= 0.3 is 0 Å². The van der Waals surface area contributed by atoms with Crippen LogP contribution in [0.1, 0.15) is 18.2 Å². The number of aromatic nitrogens is 1. The maximum atomic E-state index is 5.86. The first-order chi connectivity index (χ1) is 10.2. The highest BCUT2D eigenvalue weighted by atomic mass is 35.5. The van der Waals surface area contributed by atoms with Gasteiger partial charge in [0.05, 0.1) is 25.1 Å². The smallest absolute Gasteiger partial charge is 0.165 e. The number of pyridine rings is 1. The molecule has 2 rings (SSSR count). The van der Waals surface area contributed by atoms with Crippen LogP contribution in [0.15, 0.2) is 30.3 Å². The Morgan fingerprint density at radius 1 is 1.24 bits per heavy atom. The van der Waals surface area contributed by atoms with Gasteiger partial charge in [-0.05, 0) is 32.0 Å². The Morgan fingerprint density at radius 3 is 2.71 bits per heavy atom. The Kier molecular flexibility index (Phi) is 5.28. The second-order valence-corrected chi connectivity index (χ2v) is 4.89. The van der Waals surface area contributed by atoms with Crippen LogP contribution in [-0.4, -0.2) is 18.7 Å². The minimum absolute atomic E-state index is 0.494. The van der Waals surface area contributed by atoms with Crippen molar-refractivity contribution in [3.8, 4) is 11.5 Å². The molecular weight excluding hydrogens is 288 g/mol. The quantitative estimate of drug-likeness (QED) is 0.817. The highest BCUT2D eigenvalue weighted by molar-refractivity contribution is 6.29. The fourth-order valence-electron chi connectivity index (χ4n) is 2.11. The van der Waals surface area contributed by atoms with E-state index in [9.17, 15) is 0 Å². The first-order valence-corrected chi connectivity index (χ1v) is 7.19. The molecule has 0 saturated heterocycles. The standard InChI is InChI=1S/C16H19ClN2O2/c1-4-21-14-7-5-6-12(16(14)20-3)10-18-13-8-9-15(17)19-11(13)2/h5-9,18H,4,10H2,1-3H3. The van der Waals surface area contributed by atoms with Crippen LogP contribution in [0.25, 0.3) is 0 Å². The number of nitrogens with one attached hydrogen (secondary N) is 1. The third-order valence-electron chi connectivity index (χ3n) is 3.09. The van der Waals surface area contributed by atoms with Gasteiger partial charge in [0.15, 0.2) is 11.5 Å². The van der Waals surface area contributed by atoms with E-state index in [1.807, 2.05) is 38.1 Å². The lowest BCUT2D eigenvalue weighted by molar-refractivity contribution is 0.309. The van der Waals surface area contributed by atoms with E-state index in [1.54, 1.807) is 13.2 Å². The number of nitrogens with zero attached hydrogens (tertiary/aromatic N) is 1. The fourth-order valence-corrected chi connectivity index (χ4v) is 2.30. The molecule has 0 aliphatic rings. The number of ether oxygens (including phenoxy) is 2. The van der Waals surface area contributed by atoms with Crippen LogP contribution >= 0.6 is 11.6 Å². The van der Waals surface area contributed by atoms with Crippen LogP contribution in [0.5, 0.6) is 11.5 Å². The van der Waals surface area contributed by atoms with Gasteiger partial charge in [-0.1, -0.05) is 23.7 Å². The molecule has 0 radical (unpaired) electrons. The number of anilines is 1. The average Bonchev–Trinajstić information content (AvgIpc) is 2.47. The van der Waals surface area contributed by atoms with E-state index >= 15 is 0 Å². The van der Waals surface area contributed by atoms with Crippen LogP contribution in [0.2, 0.25) is 5.15 Å². The number of hydrogen-bond acceptors (Lipinski definition) is 4. The largest absolute Gasteiger partial charge is 0.493 e. The summed E-state index contributed by atoms with van der Waals surface area (Å²) in [5.74, 6) is 1.51. The summed E-state index contributed by atoms with van der Waals surface area (Å²) in [4.78, 5) is 4.22. The normalized spacial score (nSPS) is 10.3. The fraction of sp³-hybridized carbons (Fsp3) is 0.312. The molecule has 112 valence electrons. The summed E-state index contributed by atoms with van der Waals surface area (Å²) in [6.45, 7) is 5.09. The van der Waals surface area contributed by atoms with Crippen molar-refractivity contribution in [2.75, 3.05) is 19.0 Å². The molecule has 0 saturated carbocycles. The Hall–Kier alpha value is -1.94. The number of aryl methyl sites for hydroxylation is 1. The van der Waals surface area contributed by atoms with Gasteiger partial charge in [-0.2, -0.15) is 0 Å².